The van der Waals surface area contributed by atoms with Crippen molar-refractivity contribution < 1.29 is 9.31 Å². The van der Waals surface area contributed by atoms with Crippen LogP contribution in [0, 0.1) is 0 Å². The highest BCUT2D eigenvalue weighted by atomic mass is 16.7. The van der Waals surface area contributed by atoms with Gasteiger partial charge in [-0.1, -0.05) is 13.0 Å². The van der Waals surface area contributed by atoms with Gasteiger partial charge in [0.2, 0.25) is 0 Å². The zero-order valence-electron chi connectivity index (χ0n) is 11.3. The van der Waals surface area contributed by atoms with E-state index in [1.807, 2.05) is 6.07 Å². The summed E-state index contributed by atoms with van der Waals surface area (Å²) < 4.78 is 12.0. The molecule has 0 amide bonds. The van der Waals surface area contributed by atoms with Crippen molar-refractivity contribution in [2.75, 3.05) is 0 Å². The van der Waals surface area contributed by atoms with Crippen LogP contribution in [0.15, 0.2) is 18.3 Å². The summed E-state index contributed by atoms with van der Waals surface area (Å²) in [4.78, 5) is 4.41. The first kappa shape index (κ1) is 12.6. The summed E-state index contributed by atoms with van der Waals surface area (Å²) in [6.07, 6.45) is 2.73. The van der Waals surface area contributed by atoms with Crippen molar-refractivity contribution in [2.45, 2.75) is 52.2 Å². The highest BCUT2D eigenvalue weighted by molar-refractivity contribution is 6.61. The quantitative estimate of drug-likeness (QED) is 0.731. The second-order valence-electron chi connectivity index (χ2n) is 5.49. The van der Waals surface area contributed by atoms with E-state index in [1.165, 1.54) is 5.56 Å². The van der Waals surface area contributed by atoms with Crippen LogP contribution in [0.3, 0.4) is 0 Å². The topological polar surface area (TPSA) is 31.4 Å². The molecule has 1 aliphatic rings. The van der Waals surface area contributed by atoms with Gasteiger partial charge in [-0.2, -0.15) is 0 Å². The number of pyridine rings is 1. The van der Waals surface area contributed by atoms with Crippen molar-refractivity contribution in [3.05, 3.63) is 23.9 Å². The Hall–Kier alpha value is -0.865. The maximum Gasteiger partial charge on any atom is 0.514 e. The maximum atomic E-state index is 6.01. The van der Waals surface area contributed by atoms with Gasteiger partial charge in [-0.05, 0) is 45.7 Å². The predicted octanol–water partition coefficient (Wildman–Crippen LogP) is 1.94. The largest absolute Gasteiger partial charge is 0.514 e. The molecule has 2 heterocycles. The van der Waals surface area contributed by atoms with Crippen LogP contribution in [-0.2, 0) is 15.7 Å². The maximum absolute atomic E-state index is 6.01. The van der Waals surface area contributed by atoms with Crippen LogP contribution >= 0.6 is 0 Å². The predicted molar refractivity (Wildman–Crippen MR) is 69.3 cm³/mol. The lowest BCUT2D eigenvalue weighted by Crippen LogP contribution is -2.41. The summed E-state index contributed by atoms with van der Waals surface area (Å²) in [7, 11) is -0.351. The highest BCUT2D eigenvalue weighted by Crippen LogP contribution is 2.36. The normalized spacial score (nSPS) is 21.8. The summed E-state index contributed by atoms with van der Waals surface area (Å²) in [5, 5.41) is 0. The van der Waals surface area contributed by atoms with Gasteiger partial charge < -0.3 is 9.31 Å². The Morgan fingerprint density at radius 2 is 1.76 bits per heavy atom. The van der Waals surface area contributed by atoms with Crippen molar-refractivity contribution in [1.29, 1.82) is 0 Å². The van der Waals surface area contributed by atoms with E-state index in [0.29, 0.717) is 0 Å². The molecule has 1 saturated heterocycles. The van der Waals surface area contributed by atoms with Crippen LogP contribution in [0.25, 0.3) is 0 Å². The second-order valence-corrected chi connectivity index (χ2v) is 5.49. The fraction of sp³-hybridized carbons (Fsp3) is 0.615. The Bertz CT molecular complexity index is 402. The lowest BCUT2D eigenvalue weighted by molar-refractivity contribution is 0.00578. The molecule has 17 heavy (non-hydrogen) atoms. The fourth-order valence-corrected chi connectivity index (χ4v) is 1.92. The van der Waals surface area contributed by atoms with Crippen molar-refractivity contribution in [2.24, 2.45) is 0 Å². The van der Waals surface area contributed by atoms with Gasteiger partial charge in [-0.25, -0.2) is 0 Å². The number of nitrogens with zero attached hydrogens (tertiary/aromatic N) is 1. The minimum atomic E-state index is -0.351. The van der Waals surface area contributed by atoms with E-state index in [4.69, 9.17) is 9.31 Å². The minimum absolute atomic E-state index is 0.305. The highest BCUT2D eigenvalue weighted by Gasteiger charge is 2.52. The standard InChI is InChI=1S/C13H20BNO2/c1-6-10-8-7-9-15-11(10)14-16-12(2,3)13(4,5)17-14/h7-9H,6H2,1-5H3. The Kier molecular flexibility index (Phi) is 3.04. The lowest BCUT2D eigenvalue weighted by atomic mass is 9.80. The molecule has 0 unspecified atom stereocenters. The van der Waals surface area contributed by atoms with Crippen LogP contribution in [0.5, 0.6) is 0 Å². The van der Waals surface area contributed by atoms with Gasteiger partial charge in [-0.3, -0.25) is 4.98 Å². The second kappa shape index (κ2) is 4.11. The van der Waals surface area contributed by atoms with Gasteiger partial charge in [0, 0.05) is 6.20 Å². The Morgan fingerprint density at radius 1 is 1.18 bits per heavy atom. The van der Waals surface area contributed by atoms with Crippen LogP contribution in [0.4, 0.5) is 0 Å². The number of hydrogen-bond acceptors (Lipinski definition) is 3. The average molecular weight is 233 g/mol. The molecule has 0 aliphatic carbocycles. The first-order valence-electron chi connectivity index (χ1n) is 6.17. The molecule has 4 heteroatoms. The van der Waals surface area contributed by atoms with Gasteiger partial charge in [0.05, 0.1) is 16.8 Å². The van der Waals surface area contributed by atoms with E-state index >= 15 is 0 Å². The molecule has 0 bridgehead atoms. The molecule has 1 aliphatic heterocycles. The molecule has 0 N–H and O–H groups in total. The van der Waals surface area contributed by atoms with Gasteiger partial charge in [-0.15, -0.1) is 0 Å². The van der Waals surface area contributed by atoms with Crippen LogP contribution < -0.4 is 5.59 Å². The summed E-state index contributed by atoms with van der Waals surface area (Å²) >= 11 is 0. The van der Waals surface area contributed by atoms with E-state index in [2.05, 4.69) is 45.7 Å². The van der Waals surface area contributed by atoms with Crippen LogP contribution in [0.1, 0.15) is 40.2 Å². The van der Waals surface area contributed by atoms with E-state index < -0.39 is 0 Å². The zero-order chi connectivity index (χ0) is 12.7. The molecule has 1 fully saturated rings. The summed E-state index contributed by atoms with van der Waals surface area (Å²) in [6, 6.07) is 4.03. The molecule has 0 aromatic carbocycles. The molecule has 1 aromatic rings. The Labute approximate surface area is 104 Å². The van der Waals surface area contributed by atoms with Gasteiger partial charge in [0.25, 0.3) is 0 Å². The molecule has 2 rings (SSSR count). The molecule has 0 radical (unpaired) electrons. The number of aromatic nitrogens is 1. The Morgan fingerprint density at radius 3 is 2.29 bits per heavy atom. The van der Waals surface area contributed by atoms with Crippen molar-refractivity contribution in [1.82, 2.24) is 4.98 Å². The van der Waals surface area contributed by atoms with E-state index in [0.717, 1.165) is 12.0 Å². The first-order valence-corrected chi connectivity index (χ1v) is 6.17. The molecule has 0 atom stereocenters. The molecular formula is C13H20BNO2. The van der Waals surface area contributed by atoms with Crippen LogP contribution in [0.2, 0.25) is 0 Å². The molecular weight excluding hydrogens is 213 g/mol. The zero-order valence-corrected chi connectivity index (χ0v) is 11.3. The lowest BCUT2D eigenvalue weighted by Gasteiger charge is -2.32. The van der Waals surface area contributed by atoms with E-state index in [1.54, 1.807) is 6.20 Å². The number of rotatable bonds is 2. The third-order valence-corrected chi connectivity index (χ3v) is 3.78. The summed E-state index contributed by atoms with van der Waals surface area (Å²) in [5.74, 6) is 0. The first-order chi connectivity index (χ1) is 7.87. The third-order valence-electron chi connectivity index (χ3n) is 3.78. The SMILES string of the molecule is CCc1cccnc1B1OC(C)(C)C(C)(C)O1. The Balaban J connectivity index is 2.32. The van der Waals surface area contributed by atoms with E-state index in [9.17, 15) is 0 Å². The van der Waals surface area contributed by atoms with Crippen molar-refractivity contribution in [3.63, 3.8) is 0 Å². The smallest absolute Gasteiger partial charge is 0.398 e. The molecule has 1 aromatic heterocycles. The fourth-order valence-electron chi connectivity index (χ4n) is 1.92. The van der Waals surface area contributed by atoms with Crippen molar-refractivity contribution >= 4 is 12.7 Å². The summed E-state index contributed by atoms with van der Waals surface area (Å²) in [5.41, 5.74) is 1.49. The molecule has 0 saturated carbocycles. The molecule has 0 spiro atoms. The van der Waals surface area contributed by atoms with Gasteiger partial charge in [0.1, 0.15) is 0 Å². The molecule has 92 valence electrons. The molecule has 3 nitrogen and oxygen atoms in total. The number of hydrogen-bond donors (Lipinski definition) is 0. The van der Waals surface area contributed by atoms with Gasteiger partial charge in [0.15, 0.2) is 0 Å². The number of aryl methyl sites for hydroxylation is 1. The summed E-state index contributed by atoms with van der Waals surface area (Å²) in [6.45, 7) is 10.3. The van der Waals surface area contributed by atoms with Crippen molar-refractivity contribution in [3.8, 4) is 0 Å². The van der Waals surface area contributed by atoms with Gasteiger partial charge >= 0.3 is 7.12 Å². The average Bonchev–Trinajstić information content (AvgIpc) is 2.48. The monoisotopic (exact) mass is 233 g/mol. The van der Waals surface area contributed by atoms with Crippen LogP contribution in [-0.4, -0.2) is 23.3 Å². The third kappa shape index (κ3) is 2.12. The van der Waals surface area contributed by atoms with E-state index in [-0.39, 0.29) is 18.3 Å². The minimum Gasteiger partial charge on any atom is -0.398 e.